The Labute approximate surface area is 124 Å². The maximum absolute atomic E-state index is 12.0. The molecule has 0 fully saturated rings. The van der Waals surface area contributed by atoms with E-state index in [0.29, 0.717) is 11.7 Å². The van der Waals surface area contributed by atoms with Crippen molar-refractivity contribution >= 4 is 17.7 Å². The second-order valence-electron chi connectivity index (χ2n) is 4.62. The first-order valence-electron chi connectivity index (χ1n) is 7.02. The molecule has 20 heavy (non-hydrogen) atoms. The van der Waals surface area contributed by atoms with Crippen molar-refractivity contribution in [3.05, 3.63) is 0 Å². The van der Waals surface area contributed by atoms with E-state index in [9.17, 15) is 4.79 Å². The van der Waals surface area contributed by atoms with Crippen molar-refractivity contribution in [1.82, 2.24) is 30.8 Å². The molecular formula is C12H24N6OS. The zero-order chi connectivity index (χ0) is 15.0. The number of tetrazole rings is 1. The van der Waals surface area contributed by atoms with Crippen LogP contribution in [0.3, 0.4) is 0 Å². The number of amides is 1. The Balaban J connectivity index is 2.51. The fourth-order valence-electron chi connectivity index (χ4n) is 1.46. The summed E-state index contributed by atoms with van der Waals surface area (Å²) in [5.41, 5.74) is 0. The molecule has 0 aliphatic carbocycles. The maximum atomic E-state index is 12.0. The van der Waals surface area contributed by atoms with Crippen LogP contribution in [0.4, 0.5) is 0 Å². The summed E-state index contributed by atoms with van der Waals surface area (Å²) in [6.45, 7) is 10.4. The highest BCUT2D eigenvalue weighted by Gasteiger charge is 2.19. The van der Waals surface area contributed by atoms with Crippen molar-refractivity contribution in [2.75, 3.05) is 13.1 Å². The average molecular weight is 300 g/mol. The molecule has 0 aliphatic heterocycles. The van der Waals surface area contributed by atoms with Crippen LogP contribution in [0.5, 0.6) is 0 Å². The zero-order valence-corrected chi connectivity index (χ0v) is 13.4. The minimum atomic E-state index is -0.215. The third kappa shape index (κ3) is 5.46. The van der Waals surface area contributed by atoms with Gasteiger partial charge in [-0.2, -0.15) is 0 Å². The minimum absolute atomic E-state index is 0.0191. The van der Waals surface area contributed by atoms with Crippen LogP contribution < -0.4 is 10.6 Å². The van der Waals surface area contributed by atoms with Crippen molar-refractivity contribution in [3.8, 4) is 0 Å². The Morgan fingerprint density at radius 1 is 1.40 bits per heavy atom. The fraction of sp³-hybridized carbons (Fsp3) is 0.833. The number of rotatable bonds is 9. The summed E-state index contributed by atoms with van der Waals surface area (Å²) >= 11 is 1.38. The molecule has 2 N–H and O–H groups in total. The lowest BCUT2D eigenvalue weighted by Crippen LogP contribution is -2.37. The standard InChI is InChI=1S/C12H24N6OS/c1-5-9(3)14-11(19)10(4)20-12-15-16-17-18(12)8-7-13-6-2/h9-10,13H,5-8H2,1-4H3,(H,14,19). The van der Waals surface area contributed by atoms with Gasteiger partial charge in [0.1, 0.15) is 0 Å². The number of aromatic nitrogens is 4. The molecular weight excluding hydrogens is 276 g/mol. The van der Waals surface area contributed by atoms with Gasteiger partial charge < -0.3 is 10.6 Å². The second kappa shape index (κ2) is 8.91. The lowest BCUT2D eigenvalue weighted by atomic mass is 10.2. The van der Waals surface area contributed by atoms with E-state index in [1.54, 1.807) is 4.68 Å². The van der Waals surface area contributed by atoms with Crippen LogP contribution in [0.15, 0.2) is 5.16 Å². The number of hydrogen-bond acceptors (Lipinski definition) is 6. The third-order valence-electron chi connectivity index (χ3n) is 2.90. The molecule has 1 aromatic rings. The van der Waals surface area contributed by atoms with Crippen LogP contribution in [-0.4, -0.2) is 50.5 Å². The molecule has 1 aromatic heterocycles. The molecule has 0 radical (unpaired) electrons. The second-order valence-corrected chi connectivity index (χ2v) is 5.92. The Hall–Kier alpha value is -1.15. The van der Waals surface area contributed by atoms with Gasteiger partial charge in [-0.25, -0.2) is 4.68 Å². The Morgan fingerprint density at radius 3 is 2.80 bits per heavy atom. The predicted octanol–water partition coefficient (Wildman–Crippen LogP) is 0.678. The van der Waals surface area contributed by atoms with Crippen LogP contribution in [0.1, 0.15) is 34.1 Å². The van der Waals surface area contributed by atoms with Gasteiger partial charge in [-0.1, -0.05) is 25.6 Å². The van der Waals surface area contributed by atoms with Gasteiger partial charge in [-0.05, 0) is 37.2 Å². The van der Waals surface area contributed by atoms with Crippen molar-refractivity contribution in [1.29, 1.82) is 0 Å². The molecule has 0 saturated heterocycles. The van der Waals surface area contributed by atoms with Gasteiger partial charge in [0.25, 0.3) is 0 Å². The number of hydrogen-bond donors (Lipinski definition) is 2. The summed E-state index contributed by atoms with van der Waals surface area (Å²) in [5.74, 6) is 0.0191. The van der Waals surface area contributed by atoms with Gasteiger partial charge in [0.15, 0.2) is 0 Å². The lowest BCUT2D eigenvalue weighted by molar-refractivity contribution is -0.120. The van der Waals surface area contributed by atoms with E-state index in [1.165, 1.54) is 11.8 Å². The number of nitrogens with zero attached hydrogens (tertiary/aromatic N) is 4. The highest BCUT2D eigenvalue weighted by molar-refractivity contribution is 8.00. The van der Waals surface area contributed by atoms with Crippen molar-refractivity contribution in [2.45, 2.75) is 57.1 Å². The first kappa shape index (κ1) is 16.9. The number of carbonyl (C=O) groups is 1. The van der Waals surface area contributed by atoms with Gasteiger partial charge in [-0.3, -0.25) is 4.79 Å². The lowest BCUT2D eigenvalue weighted by Gasteiger charge is -2.15. The van der Waals surface area contributed by atoms with Crippen LogP contribution in [0, 0.1) is 0 Å². The number of nitrogens with one attached hydrogen (secondary N) is 2. The van der Waals surface area contributed by atoms with Crippen LogP contribution in [0.2, 0.25) is 0 Å². The van der Waals surface area contributed by atoms with E-state index >= 15 is 0 Å². The topological polar surface area (TPSA) is 84.7 Å². The molecule has 0 spiro atoms. The average Bonchev–Trinajstić information content (AvgIpc) is 2.86. The summed E-state index contributed by atoms with van der Waals surface area (Å²) < 4.78 is 1.72. The highest BCUT2D eigenvalue weighted by Crippen LogP contribution is 2.20. The molecule has 7 nitrogen and oxygen atoms in total. The molecule has 1 rings (SSSR count). The van der Waals surface area contributed by atoms with Crippen molar-refractivity contribution in [2.24, 2.45) is 0 Å². The van der Waals surface area contributed by atoms with Crippen molar-refractivity contribution < 1.29 is 4.79 Å². The van der Waals surface area contributed by atoms with Gasteiger partial charge in [0.05, 0.1) is 11.8 Å². The number of carbonyl (C=O) groups excluding carboxylic acids is 1. The molecule has 8 heteroatoms. The Bertz CT molecular complexity index is 410. The van der Waals surface area contributed by atoms with Crippen LogP contribution in [0.25, 0.3) is 0 Å². The molecule has 2 unspecified atom stereocenters. The Kier molecular flexibility index (Phi) is 7.53. The molecule has 0 aromatic carbocycles. The number of likely N-dealkylation sites (N-methyl/N-ethyl adjacent to an activating group) is 1. The largest absolute Gasteiger partial charge is 0.353 e. The van der Waals surface area contributed by atoms with E-state index < -0.39 is 0 Å². The predicted molar refractivity (Wildman–Crippen MR) is 79.6 cm³/mol. The molecule has 0 bridgehead atoms. The highest BCUT2D eigenvalue weighted by atomic mass is 32.2. The summed E-state index contributed by atoms with van der Waals surface area (Å²) in [6, 6.07) is 0.190. The molecule has 2 atom stereocenters. The maximum Gasteiger partial charge on any atom is 0.233 e. The van der Waals surface area contributed by atoms with E-state index in [0.717, 1.165) is 19.5 Å². The quantitative estimate of drug-likeness (QED) is 0.515. The minimum Gasteiger partial charge on any atom is -0.353 e. The monoisotopic (exact) mass is 300 g/mol. The normalized spacial score (nSPS) is 14.0. The third-order valence-corrected chi connectivity index (χ3v) is 3.97. The van der Waals surface area contributed by atoms with E-state index in [-0.39, 0.29) is 17.2 Å². The first-order chi connectivity index (χ1) is 9.58. The SMILES string of the molecule is CCNCCn1nnnc1SC(C)C(=O)NC(C)CC. The smallest absolute Gasteiger partial charge is 0.233 e. The summed E-state index contributed by atoms with van der Waals surface area (Å²) in [5, 5.41) is 18.2. The summed E-state index contributed by atoms with van der Waals surface area (Å²) in [6.07, 6.45) is 0.920. The number of thioether (sulfide) groups is 1. The van der Waals surface area contributed by atoms with Crippen molar-refractivity contribution in [3.63, 3.8) is 0 Å². The summed E-state index contributed by atoms with van der Waals surface area (Å²) in [7, 11) is 0. The van der Waals surface area contributed by atoms with Crippen LogP contribution >= 0.6 is 11.8 Å². The molecule has 0 saturated carbocycles. The van der Waals surface area contributed by atoms with Gasteiger partial charge >= 0.3 is 0 Å². The van der Waals surface area contributed by atoms with E-state index in [2.05, 4.69) is 33.1 Å². The summed E-state index contributed by atoms with van der Waals surface area (Å²) in [4.78, 5) is 12.0. The Morgan fingerprint density at radius 2 is 2.15 bits per heavy atom. The zero-order valence-electron chi connectivity index (χ0n) is 12.6. The van der Waals surface area contributed by atoms with Gasteiger partial charge in [0.2, 0.25) is 11.1 Å². The molecule has 1 heterocycles. The van der Waals surface area contributed by atoms with Crippen LogP contribution in [-0.2, 0) is 11.3 Å². The molecule has 0 aliphatic rings. The molecule has 114 valence electrons. The molecule has 1 amide bonds. The van der Waals surface area contributed by atoms with Gasteiger partial charge in [0, 0.05) is 12.6 Å². The van der Waals surface area contributed by atoms with E-state index in [1.807, 2.05) is 20.8 Å². The van der Waals surface area contributed by atoms with Gasteiger partial charge in [-0.15, -0.1) is 5.10 Å². The first-order valence-corrected chi connectivity index (χ1v) is 7.90. The fourth-order valence-corrected chi connectivity index (χ4v) is 2.28. The van der Waals surface area contributed by atoms with E-state index in [4.69, 9.17) is 0 Å².